The fourth-order valence-electron chi connectivity index (χ4n) is 3.23. The number of Topliss-reactive ketones (excluding diaryl/α,β-unsaturated/α-hetero) is 1. The second-order valence-electron chi connectivity index (χ2n) is 6.20. The summed E-state index contributed by atoms with van der Waals surface area (Å²) in [5.74, 6) is -0.412. The summed E-state index contributed by atoms with van der Waals surface area (Å²) in [5, 5.41) is 0. The Kier molecular flexibility index (Phi) is 4.65. The van der Waals surface area contributed by atoms with E-state index in [0.717, 1.165) is 0 Å². The molecule has 128 valence electrons. The van der Waals surface area contributed by atoms with E-state index in [2.05, 4.69) is 0 Å². The Morgan fingerprint density at radius 3 is 2.24 bits per heavy atom. The van der Waals surface area contributed by atoms with Gasteiger partial charge in [-0.1, -0.05) is 42.5 Å². The van der Waals surface area contributed by atoms with Crippen molar-refractivity contribution in [3.05, 3.63) is 60.2 Å². The number of carbonyl (C=O) groups excluding carboxylic acids is 3. The number of fused-ring (bicyclic) bond motifs is 1. The van der Waals surface area contributed by atoms with Gasteiger partial charge in [-0.3, -0.25) is 14.4 Å². The lowest BCUT2D eigenvalue weighted by Crippen LogP contribution is -2.38. The molecule has 0 saturated heterocycles. The third-order valence-corrected chi connectivity index (χ3v) is 4.38. The minimum absolute atomic E-state index is 0.0433. The molecule has 2 aromatic rings. The van der Waals surface area contributed by atoms with Gasteiger partial charge >= 0.3 is 0 Å². The number of para-hydroxylation sites is 2. The highest BCUT2D eigenvalue weighted by Crippen LogP contribution is 2.35. The van der Waals surface area contributed by atoms with Gasteiger partial charge in [-0.25, -0.2) is 0 Å². The van der Waals surface area contributed by atoms with Crippen molar-refractivity contribution in [2.24, 2.45) is 0 Å². The Labute approximate surface area is 146 Å². The Morgan fingerprint density at radius 1 is 1.00 bits per heavy atom. The van der Waals surface area contributed by atoms with E-state index in [1.54, 1.807) is 41.3 Å². The van der Waals surface area contributed by atoms with Crippen molar-refractivity contribution in [3.63, 3.8) is 0 Å². The zero-order chi connectivity index (χ0) is 18.0. The van der Waals surface area contributed by atoms with Gasteiger partial charge in [0.15, 0.2) is 5.78 Å². The van der Waals surface area contributed by atoms with Crippen LogP contribution in [0.15, 0.2) is 54.6 Å². The largest absolute Gasteiger partial charge is 0.307 e. The molecule has 3 rings (SSSR count). The summed E-state index contributed by atoms with van der Waals surface area (Å²) in [4.78, 5) is 40.6. The van der Waals surface area contributed by atoms with Crippen LogP contribution in [0.1, 0.15) is 30.6 Å². The third-order valence-electron chi connectivity index (χ3n) is 4.38. The first kappa shape index (κ1) is 16.9. The van der Waals surface area contributed by atoms with Crippen LogP contribution >= 0.6 is 0 Å². The molecule has 0 saturated carbocycles. The maximum atomic E-state index is 12.8. The van der Waals surface area contributed by atoms with E-state index < -0.39 is 0 Å². The lowest BCUT2D eigenvalue weighted by Gasteiger charge is -2.27. The van der Waals surface area contributed by atoms with Gasteiger partial charge in [-0.2, -0.15) is 0 Å². The Hall–Kier alpha value is -2.95. The van der Waals surface area contributed by atoms with Crippen LogP contribution in [0.3, 0.4) is 0 Å². The standard InChI is InChI=1S/C20H20N2O3/c1-14-12-20(25)21(13-19(24)16-8-4-3-5-9-16)17-10-6-7-11-18(17)22(14)15(2)23/h3-11,14H,12-13H2,1-2H3/t14-/m1/s1. The fourth-order valence-corrected chi connectivity index (χ4v) is 3.23. The Morgan fingerprint density at radius 2 is 1.60 bits per heavy atom. The number of amides is 2. The molecular weight excluding hydrogens is 316 g/mol. The van der Waals surface area contributed by atoms with Crippen molar-refractivity contribution in [2.75, 3.05) is 16.3 Å². The van der Waals surface area contributed by atoms with Crippen molar-refractivity contribution in [1.82, 2.24) is 0 Å². The molecule has 25 heavy (non-hydrogen) atoms. The van der Waals surface area contributed by atoms with E-state index in [1.807, 2.05) is 25.1 Å². The Bertz CT molecular complexity index is 817. The molecular formula is C20H20N2O3. The van der Waals surface area contributed by atoms with Crippen molar-refractivity contribution in [3.8, 4) is 0 Å². The fraction of sp³-hybridized carbons (Fsp3) is 0.250. The third kappa shape index (κ3) is 3.31. The van der Waals surface area contributed by atoms with Crippen LogP contribution in [0.4, 0.5) is 11.4 Å². The number of carbonyl (C=O) groups is 3. The summed E-state index contributed by atoms with van der Waals surface area (Å²) in [7, 11) is 0. The van der Waals surface area contributed by atoms with E-state index >= 15 is 0 Å². The van der Waals surface area contributed by atoms with Gasteiger partial charge in [0, 0.05) is 24.9 Å². The van der Waals surface area contributed by atoms with Gasteiger partial charge in [0.05, 0.1) is 17.9 Å². The molecule has 0 radical (unpaired) electrons. The molecule has 0 N–H and O–H groups in total. The van der Waals surface area contributed by atoms with Gasteiger partial charge in [-0.15, -0.1) is 0 Å². The van der Waals surface area contributed by atoms with Gasteiger partial charge in [0.25, 0.3) is 0 Å². The van der Waals surface area contributed by atoms with Gasteiger partial charge in [-0.05, 0) is 19.1 Å². The highest BCUT2D eigenvalue weighted by Gasteiger charge is 2.33. The summed E-state index contributed by atoms with van der Waals surface area (Å²) in [6.45, 7) is 3.29. The van der Waals surface area contributed by atoms with Crippen LogP contribution in [-0.4, -0.2) is 30.2 Å². The minimum atomic E-state index is -0.261. The monoisotopic (exact) mass is 336 g/mol. The molecule has 5 nitrogen and oxygen atoms in total. The van der Waals surface area contributed by atoms with Crippen LogP contribution in [0, 0.1) is 0 Å². The van der Waals surface area contributed by atoms with Gasteiger partial charge in [0.2, 0.25) is 11.8 Å². The number of benzene rings is 2. The quantitative estimate of drug-likeness (QED) is 0.810. The van der Waals surface area contributed by atoms with Crippen molar-refractivity contribution >= 4 is 29.0 Å². The van der Waals surface area contributed by atoms with Crippen LogP contribution in [0.2, 0.25) is 0 Å². The van der Waals surface area contributed by atoms with Gasteiger partial charge in [0.1, 0.15) is 0 Å². The van der Waals surface area contributed by atoms with Gasteiger partial charge < -0.3 is 9.80 Å². The number of hydrogen-bond donors (Lipinski definition) is 0. The van der Waals surface area contributed by atoms with Crippen LogP contribution in [-0.2, 0) is 9.59 Å². The number of hydrogen-bond acceptors (Lipinski definition) is 3. The number of anilines is 2. The van der Waals surface area contributed by atoms with E-state index in [9.17, 15) is 14.4 Å². The highest BCUT2D eigenvalue weighted by molar-refractivity contribution is 6.10. The summed E-state index contributed by atoms with van der Waals surface area (Å²) in [5.41, 5.74) is 1.82. The van der Waals surface area contributed by atoms with E-state index in [-0.39, 0.29) is 36.6 Å². The van der Waals surface area contributed by atoms with Crippen LogP contribution < -0.4 is 9.80 Å². The van der Waals surface area contributed by atoms with E-state index in [1.165, 1.54) is 11.8 Å². The summed E-state index contributed by atoms with van der Waals surface area (Å²) >= 11 is 0. The lowest BCUT2D eigenvalue weighted by atomic mass is 10.1. The molecule has 5 heteroatoms. The molecule has 0 unspecified atom stereocenters. The van der Waals surface area contributed by atoms with E-state index in [0.29, 0.717) is 16.9 Å². The average Bonchev–Trinajstić information content (AvgIpc) is 2.70. The number of ketones is 1. The highest BCUT2D eigenvalue weighted by atomic mass is 16.2. The molecule has 1 atom stereocenters. The average molecular weight is 336 g/mol. The Balaban J connectivity index is 2.00. The zero-order valence-electron chi connectivity index (χ0n) is 14.3. The molecule has 0 aliphatic carbocycles. The first-order valence-corrected chi connectivity index (χ1v) is 8.26. The molecule has 0 spiro atoms. The maximum Gasteiger partial charge on any atom is 0.229 e. The molecule has 0 bridgehead atoms. The molecule has 1 aliphatic heterocycles. The maximum absolute atomic E-state index is 12.8. The molecule has 2 aromatic carbocycles. The normalized spacial score (nSPS) is 17.0. The molecule has 1 aliphatic rings. The smallest absolute Gasteiger partial charge is 0.229 e. The molecule has 0 fully saturated rings. The van der Waals surface area contributed by atoms with Crippen molar-refractivity contribution < 1.29 is 14.4 Å². The lowest BCUT2D eigenvalue weighted by molar-refractivity contribution is -0.119. The summed E-state index contributed by atoms with van der Waals surface area (Å²) in [6.07, 6.45) is 0.177. The van der Waals surface area contributed by atoms with E-state index in [4.69, 9.17) is 0 Å². The number of nitrogens with zero attached hydrogens (tertiary/aromatic N) is 2. The molecule has 0 aromatic heterocycles. The minimum Gasteiger partial charge on any atom is -0.307 e. The second kappa shape index (κ2) is 6.89. The predicted molar refractivity (Wildman–Crippen MR) is 96.8 cm³/mol. The van der Waals surface area contributed by atoms with Crippen LogP contribution in [0.25, 0.3) is 0 Å². The topological polar surface area (TPSA) is 57.7 Å². The first-order chi connectivity index (χ1) is 12.0. The first-order valence-electron chi connectivity index (χ1n) is 8.26. The van der Waals surface area contributed by atoms with Crippen molar-refractivity contribution in [1.29, 1.82) is 0 Å². The molecule has 2 amide bonds. The van der Waals surface area contributed by atoms with Crippen LogP contribution in [0.5, 0.6) is 0 Å². The predicted octanol–water partition coefficient (Wildman–Crippen LogP) is 3.05. The molecule has 1 heterocycles. The van der Waals surface area contributed by atoms with Crippen molar-refractivity contribution in [2.45, 2.75) is 26.3 Å². The zero-order valence-corrected chi connectivity index (χ0v) is 14.3. The summed E-state index contributed by atoms with van der Waals surface area (Å²) in [6, 6.07) is 15.9. The SMILES string of the molecule is CC(=O)N1c2ccccc2N(CC(=O)c2ccccc2)C(=O)C[C@H]1C. The number of rotatable bonds is 3. The summed E-state index contributed by atoms with van der Waals surface area (Å²) < 4.78 is 0. The second-order valence-corrected chi connectivity index (χ2v) is 6.20.